The van der Waals surface area contributed by atoms with Gasteiger partial charge in [0.1, 0.15) is 22.8 Å². The zero-order valence-corrected chi connectivity index (χ0v) is 26.2. The van der Waals surface area contributed by atoms with E-state index < -0.39 is 5.60 Å². The Kier molecular flexibility index (Phi) is 8.55. The average molecular weight is 583 g/mol. The number of ether oxygens (including phenoxy) is 2. The highest BCUT2D eigenvalue weighted by Crippen LogP contribution is 2.31. The van der Waals surface area contributed by atoms with Crippen molar-refractivity contribution in [1.29, 1.82) is 0 Å². The second-order valence-electron chi connectivity index (χ2n) is 12.6. The highest BCUT2D eigenvalue weighted by molar-refractivity contribution is 6.09. The third-order valence-corrected chi connectivity index (χ3v) is 7.72. The number of benzene rings is 5. The molecule has 0 spiro atoms. The van der Waals surface area contributed by atoms with Gasteiger partial charge in [0.25, 0.3) is 0 Å². The lowest BCUT2D eigenvalue weighted by atomic mass is 9.86. The maximum absolute atomic E-state index is 13.0. The third kappa shape index (κ3) is 7.15. The predicted octanol–water partition coefficient (Wildman–Crippen LogP) is 9.86. The maximum Gasteiger partial charge on any atom is 0.193 e. The molecular formula is C40H38O4. The van der Waals surface area contributed by atoms with Crippen LogP contribution in [-0.2, 0) is 11.0 Å². The highest BCUT2D eigenvalue weighted by atomic mass is 16.5. The van der Waals surface area contributed by atoms with E-state index in [0.717, 1.165) is 11.1 Å². The molecule has 0 N–H and O–H groups in total. The first-order valence-electron chi connectivity index (χ1n) is 14.8. The fourth-order valence-corrected chi connectivity index (χ4v) is 4.92. The van der Waals surface area contributed by atoms with Crippen molar-refractivity contribution in [2.45, 2.75) is 52.6 Å². The van der Waals surface area contributed by atoms with Gasteiger partial charge in [0.05, 0.1) is 0 Å². The Morgan fingerprint density at radius 3 is 1.23 bits per heavy atom. The van der Waals surface area contributed by atoms with Gasteiger partial charge in [-0.3, -0.25) is 9.59 Å². The highest BCUT2D eigenvalue weighted by Gasteiger charge is 2.23. The minimum Gasteiger partial charge on any atom is -0.483 e. The Balaban J connectivity index is 1.19. The Morgan fingerprint density at radius 1 is 0.455 bits per heavy atom. The van der Waals surface area contributed by atoms with Crippen LogP contribution in [0.1, 0.15) is 83.2 Å². The second kappa shape index (κ2) is 12.3. The zero-order chi connectivity index (χ0) is 31.5. The molecule has 0 bridgehead atoms. The summed E-state index contributed by atoms with van der Waals surface area (Å²) >= 11 is 0. The van der Waals surface area contributed by atoms with Gasteiger partial charge in [0.2, 0.25) is 0 Å². The topological polar surface area (TPSA) is 52.6 Å². The van der Waals surface area contributed by atoms with Gasteiger partial charge >= 0.3 is 0 Å². The molecule has 222 valence electrons. The molecule has 44 heavy (non-hydrogen) atoms. The fraction of sp³-hybridized carbons (Fsp3) is 0.200. The summed E-state index contributed by atoms with van der Waals surface area (Å²) in [5, 5.41) is 0. The summed E-state index contributed by atoms with van der Waals surface area (Å²) in [6.07, 6.45) is 0. The second-order valence-corrected chi connectivity index (χ2v) is 12.6. The van der Waals surface area contributed by atoms with Crippen LogP contribution in [0.15, 0.2) is 121 Å². The van der Waals surface area contributed by atoms with Crippen molar-refractivity contribution in [3.05, 3.63) is 160 Å². The lowest BCUT2D eigenvalue weighted by Crippen LogP contribution is -2.25. The third-order valence-electron chi connectivity index (χ3n) is 7.72. The molecule has 0 amide bonds. The molecule has 0 fully saturated rings. The van der Waals surface area contributed by atoms with Crippen molar-refractivity contribution in [3.63, 3.8) is 0 Å². The first kappa shape index (κ1) is 30.5. The number of hydrogen-bond acceptors (Lipinski definition) is 4. The van der Waals surface area contributed by atoms with Crippen LogP contribution in [0.5, 0.6) is 17.2 Å². The summed E-state index contributed by atoms with van der Waals surface area (Å²) < 4.78 is 12.3. The van der Waals surface area contributed by atoms with E-state index in [1.807, 2.05) is 118 Å². The Labute approximate surface area is 260 Å². The lowest BCUT2D eigenvalue weighted by molar-refractivity contribution is 0.102. The first-order chi connectivity index (χ1) is 20.9. The number of ketones is 2. The van der Waals surface area contributed by atoms with Gasteiger partial charge in [-0.15, -0.1) is 0 Å². The largest absolute Gasteiger partial charge is 0.483 e. The molecule has 0 saturated carbocycles. The van der Waals surface area contributed by atoms with Crippen molar-refractivity contribution in [1.82, 2.24) is 0 Å². The van der Waals surface area contributed by atoms with E-state index in [0.29, 0.717) is 39.5 Å². The number of hydrogen-bond donors (Lipinski definition) is 0. The molecule has 0 aliphatic carbocycles. The smallest absolute Gasteiger partial charge is 0.193 e. The molecule has 5 aromatic rings. The zero-order valence-electron chi connectivity index (χ0n) is 26.2. The molecule has 0 heterocycles. The van der Waals surface area contributed by atoms with Crippen LogP contribution in [0.25, 0.3) is 0 Å². The van der Waals surface area contributed by atoms with E-state index in [4.69, 9.17) is 9.47 Å². The van der Waals surface area contributed by atoms with Crippen LogP contribution in [0.3, 0.4) is 0 Å². The molecule has 0 aliphatic rings. The molecule has 0 radical (unpaired) electrons. The minimum atomic E-state index is -0.622. The van der Waals surface area contributed by atoms with Gasteiger partial charge in [-0.05, 0) is 85.8 Å². The van der Waals surface area contributed by atoms with Crippen molar-refractivity contribution >= 4 is 11.6 Å². The number of carbonyl (C=O) groups excluding carboxylic acids is 2. The fourth-order valence-electron chi connectivity index (χ4n) is 4.92. The SMILES string of the molecule is Cc1ccc(C(=O)c2ccc(C(C)(C)Oc3ccc(Oc4ccc(C(=O)c5ccc(C(C)(C)C)cc5)cc4)cc3)cc2)cc1. The summed E-state index contributed by atoms with van der Waals surface area (Å²) in [7, 11) is 0. The van der Waals surface area contributed by atoms with Crippen LogP contribution in [0, 0.1) is 6.92 Å². The van der Waals surface area contributed by atoms with Gasteiger partial charge < -0.3 is 9.47 Å². The molecule has 5 rings (SSSR count). The molecule has 4 heteroatoms. The van der Waals surface area contributed by atoms with Crippen LogP contribution in [0.4, 0.5) is 0 Å². The van der Waals surface area contributed by atoms with E-state index in [2.05, 4.69) is 20.8 Å². The summed E-state index contributed by atoms with van der Waals surface area (Å²) in [5.74, 6) is 1.97. The van der Waals surface area contributed by atoms with E-state index in [1.165, 1.54) is 5.56 Å². The van der Waals surface area contributed by atoms with Crippen LogP contribution < -0.4 is 9.47 Å². The summed E-state index contributed by atoms with van der Waals surface area (Å²) in [4.78, 5) is 25.8. The van der Waals surface area contributed by atoms with Crippen LogP contribution in [0.2, 0.25) is 0 Å². The van der Waals surface area contributed by atoms with Gasteiger partial charge in [-0.2, -0.15) is 0 Å². The van der Waals surface area contributed by atoms with Crippen molar-refractivity contribution < 1.29 is 19.1 Å². The molecule has 0 saturated heterocycles. The Morgan fingerprint density at radius 2 is 0.795 bits per heavy atom. The maximum atomic E-state index is 13.0. The first-order valence-corrected chi connectivity index (χ1v) is 14.8. The molecule has 0 aromatic heterocycles. The predicted molar refractivity (Wildman–Crippen MR) is 176 cm³/mol. The molecule has 0 unspecified atom stereocenters. The van der Waals surface area contributed by atoms with Gasteiger partial charge in [-0.1, -0.05) is 99.1 Å². The molecule has 0 atom stereocenters. The quantitative estimate of drug-likeness (QED) is 0.162. The van der Waals surface area contributed by atoms with Gasteiger partial charge in [0, 0.05) is 22.3 Å². The summed E-state index contributed by atoms with van der Waals surface area (Å²) in [6, 6.07) is 37.6. The monoisotopic (exact) mass is 582 g/mol. The standard InChI is InChI=1S/C40H38O4/c1-27-7-9-28(10-8-27)37(41)30-13-19-33(20-14-30)40(5,6)44-36-25-23-35(24-26-36)43-34-21-15-31(16-22-34)38(42)29-11-17-32(18-12-29)39(2,3)4/h7-26H,1-6H3. The Hall–Kier alpha value is -4.96. The summed E-state index contributed by atoms with van der Waals surface area (Å²) in [6.45, 7) is 12.5. The van der Waals surface area contributed by atoms with Crippen LogP contribution >= 0.6 is 0 Å². The summed E-state index contributed by atoms with van der Waals surface area (Å²) in [5.41, 5.74) is 5.28. The van der Waals surface area contributed by atoms with E-state index >= 15 is 0 Å². The minimum absolute atomic E-state index is 0.00185. The number of carbonyl (C=O) groups is 2. The van der Waals surface area contributed by atoms with Crippen LogP contribution in [-0.4, -0.2) is 11.6 Å². The van der Waals surface area contributed by atoms with Crippen molar-refractivity contribution in [2.24, 2.45) is 0 Å². The molecular weight excluding hydrogens is 544 g/mol. The molecule has 4 nitrogen and oxygen atoms in total. The van der Waals surface area contributed by atoms with Crippen molar-refractivity contribution in [2.75, 3.05) is 0 Å². The molecule has 0 aliphatic heterocycles. The lowest BCUT2D eigenvalue weighted by Gasteiger charge is -2.27. The Bertz CT molecular complexity index is 1740. The van der Waals surface area contributed by atoms with E-state index in [1.54, 1.807) is 24.3 Å². The van der Waals surface area contributed by atoms with E-state index in [9.17, 15) is 9.59 Å². The number of rotatable bonds is 9. The van der Waals surface area contributed by atoms with E-state index in [-0.39, 0.29) is 17.0 Å². The van der Waals surface area contributed by atoms with Crippen molar-refractivity contribution in [3.8, 4) is 17.2 Å². The molecule has 5 aromatic carbocycles. The normalized spacial score (nSPS) is 11.6. The average Bonchev–Trinajstić information content (AvgIpc) is 3.02. The van der Waals surface area contributed by atoms with Gasteiger partial charge in [-0.25, -0.2) is 0 Å². The van der Waals surface area contributed by atoms with Gasteiger partial charge in [0.15, 0.2) is 11.6 Å². The number of aryl methyl sites for hydroxylation is 1.